The van der Waals surface area contributed by atoms with Crippen LogP contribution in [0.25, 0.3) is 0 Å². The molecule has 0 bridgehead atoms. The summed E-state index contributed by atoms with van der Waals surface area (Å²) in [5.74, 6) is 0.427. The summed E-state index contributed by atoms with van der Waals surface area (Å²) in [6.07, 6.45) is 2.64. The summed E-state index contributed by atoms with van der Waals surface area (Å²) in [5.41, 5.74) is 1.05. The molecule has 0 aliphatic rings. The number of nitriles is 1. The molecule has 0 aliphatic carbocycles. The van der Waals surface area contributed by atoms with Crippen molar-refractivity contribution in [1.82, 2.24) is 0 Å². The quantitative estimate of drug-likeness (QED) is 0.414. The van der Waals surface area contributed by atoms with Gasteiger partial charge in [0, 0.05) is 5.57 Å². The zero-order chi connectivity index (χ0) is 14.8. The van der Waals surface area contributed by atoms with Crippen LogP contribution < -0.4 is 4.74 Å². The van der Waals surface area contributed by atoms with Gasteiger partial charge < -0.3 is 9.47 Å². The Kier molecular flexibility index (Phi) is 6.91. The van der Waals surface area contributed by atoms with Crippen molar-refractivity contribution in [2.75, 3.05) is 13.2 Å². The van der Waals surface area contributed by atoms with Crippen LogP contribution in [0.3, 0.4) is 0 Å². The van der Waals surface area contributed by atoms with Crippen LogP contribution in [0, 0.1) is 11.3 Å². The Morgan fingerprint density at radius 2 is 1.85 bits per heavy atom. The first-order valence-electron chi connectivity index (χ1n) is 6.59. The molecular formula is C16H19NO3. The van der Waals surface area contributed by atoms with E-state index in [-0.39, 0.29) is 5.97 Å². The molecule has 0 heterocycles. The zero-order valence-corrected chi connectivity index (χ0v) is 11.7. The topological polar surface area (TPSA) is 59.3 Å². The predicted octanol–water partition coefficient (Wildman–Crippen LogP) is 3.23. The molecule has 0 aliphatic heterocycles. The fourth-order valence-corrected chi connectivity index (χ4v) is 1.48. The van der Waals surface area contributed by atoms with Crippen molar-refractivity contribution in [3.8, 4) is 11.8 Å². The van der Waals surface area contributed by atoms with E-state index >= 15 is 0 Å². The molecular weight excluding hydrogens is 254 g/mol. The molecule has 0 spiro atoms. The Bertz CT molecular complexity index is 485. The second-order valence-corrected chi connectivity index (χ2v) is 4.46. The zero-order valence-electron chi connectivity index (χ0n) is 11.7. The minimum absolute atomic E-state index is 0.334. The average Bonchev–Trinajstić information content (AvgIpc) is 2.46. The first kappa shape index (κ1) is 15.8. The van der Waals surface area contributed by atoms with E-state index in [1.54, 1.807) is 31.2 Å². The minimum atomic E-state index is -0.334. The average molecular weight is 273 g/mol. The normalized spacial score (nSPS) is 9.60. The smallest absolute Gasteiger partial charge is 0.333 e. The van der Waals surface area contributed by atoms with Gasteiger partial charge in [-0.25, -0.2) is 4.79 Å². The van der Waals surface area contributed by atoms with Crippen LogP contribution >= 0.6 is 0 Å². The lowest BCUT2D eigenvalue weighted by Gasteiger charge is -2.06. The second kappa shape index (κ2) is 8.76. The van der Waals surface area contributed by atoms with E-state index in [1.165, 1.54) is 0 Å². The van der Waals surface area contributed by atoms with Crippen LogP contribution in [0.1, 0.15) is 31.7 Å². The molecule has 20 heavy (non-hydrogen) atoms. The van der Waals surface area contributed by atoms with Crippen molar-refractivity contribution in [3.05, 3.63) is 42.0 Å². The van der Waals surface area contributed by atoms with E-state index in [4.69, 9.17) is 14.7 Å². The molecule has 1 aromatic carbocycles. The molecule has 1 aromatic rings. The lowest BCUT2D eigenvalue weighted by Crippen LogP contribution is -2.06. The van der Waals surface area contributed by atoms with Crippen molar-refractivity contribution in [2.45, 2.75) is 26.2 Å². The van der Waals surface area contributed by atoms with Gasteiger partial charge in [-0.05, 0) is 50.5 Å². The molecule has 4 heteroatoms. The second-order valence-electron chi connectivity index (χ2n) is 4.46. The first-order chi connectivity index (χ1) is 9.63. The van der Waals surface area contributed by atoms with Crippen molar-refractivity contribution in [3.63, 3.8) is 0 Å². The Morgan fingerprint density at radius 1 is 1.20 bits per heavy atom. The number of carbonyl (C=O) groups excluding carboxylic acids is 1. The van der Waals surface area contributed by atoms with Crippen LogP contribution in [0.5, 0.6) is 5.75 Å². The molecule has 0 amide bonds. The number of carbonyl (C=O) groups is 1. The van der Waals surface area contributed by atoms with Gasteiger partial charge in [-0.3, -0.25) is 0 Å². The highest BCUT2D eigenvalue weighted by atomic mass is 16.5. The highest BCUT2D eigenvalue weighted by Gasteiger charge is 2.01. The largest absolute Gasteiger partial charge is 0.494 e. The maximum atomic E-state index is 11.1. The molecule has 0 saturated carbocycles. The summed E-state index contributed by atoms with van der Waals surface area (Å²) in [7, 11) is 0. The van der Waals surface area contributed by atoms with Crippen molar-refractivity contribution < 1.29 is 14.3 Å². The molecule has 1 rings (SSSR count). The number of nitrogens with zero attached hydrogens (tertiary/aromatic N) is 1. The van der Waals surface area contributed by atoms with E-state index in [0.29, 0.717) is 24.4 Å². The maximum absolute atomic E-state index is 11.1. The van der Waals surface area contributed by atoms with Gasteiger partial charge in [0.05, 0.1) is 24.8 Å². The van der Waals surface area contributed by atoms with E-state index in [0.717, 1.165) is 25.0 Å². The minimum Gasteiger partial charge on any atom is -0.494 e. The summed E-state index contributed by atoms with van der Waals surface area (Å²) >= 11 is 0. The molecule has 0 radical (unpaired) electrons. The molecule has 0 atom stereocenters. The third kappa shape index (κ3) is 6.05. The Labute approximate surface area is 119 Å². The number of benzene rings is 1. The van der Waals surface area contributed by atoms with Crippen molar-refractivity contribution in [2.24, 2.45) is 0 Å². The molecule has 4 nitrogen and oxygen atoms in total. The van der Waals surface area contributed by atoms with Crippen molar-refractivity contribution >= 4 is 5.97 Å². The lowest BCUT2D eigenvalue weighted by molar-refractivity contribution is -0.139. The van der Waals surface area contributed by atoms with Gasteiger partial charge in [-0.15, -0.1) is 0 Å². The number of hydrogen-bond acceptors (Lipinski definition) is 4. The molecule has 0 unspecified atom stereocenters. The number of hydrogen-bond donors (Lipinski definition) is 0. The summed E-state index contributed by atoms with van der Waals surface area (Å²) < 4.78 is 10.5. The van der Waals surface area contributed by atoms with Crippen LogP contribution in [0.15, 0.2) is 36.4 Å². The third-order valence-corrected chi connectivity index (χ3v) is 2.62. The Balaban J connectivity index is 2.06. The maximum Gasteiger partial charge on any atom is 0.333 e. The fourth-order valence-electron chi connectivity index (χ4n) is 1.48. The highest BCUT2D eigenvalue weighted by Crippen LogP contribution is 2.12. The molecule has 106 valence electrons. The van der Waals surface area contributed by atoms with Crippen LogP contribution in [0.4, 0.5) is 0 Å². The van der Waals surface area contributed by atoms with Gasteiger partial charge in [-0.2, -0.15) is 5.26 Å². The van der Waals surface area contributed by atoms with Gasteiger partial charge in [0.25, 0.3) is 0 Å². The fraction of sp³-hybridized carbons (Fsp3) is 0.375. The molecule has 0 saturated heterocycles. The molecule has 0 N–H and O–H groups in total. The summed E-state index contributed by atoms with van der Waals surface area (Å²) in [5, 5.41) is 8.67. The van der Waals surface area contributed by atoms with E-state index < -0.39 is 0 Å². The third-order valence-electron chi connectivity index (χ3n) is 2.62. The van der Waals surface area contributed by atoms with Crippen LogP contribution in [-0.4, -0.2) is 19.2 Å². The van der Waals surface area contributed by atoms with Gasteiger partial charge in [-0.1, -0.05) is 6.58 Å². The Hall–Kier alpha value is -2.28. The molecule has 0 aromatic heterocycles. The van der Waals surface area contributed by atoms with E-state index in [2.05, 4.69) is 12.6 Å². The first-order valence-corrected chi connectivity index (χ1v) is 6.59. The van der Waals surface area contributed by atoms with Gasteiger partial charge in [0.15, 0.2) is 0 Å². The van der Waals surface area contributed by atoms with Gasteiger partial charge in [0.1, 0.15) is 5.75 Å². The number of unbranched alkanes of at least 4 members (excludes halogenated alkanes) is 2. The predicted molar refractivity (Wildman–Crippen MR) is 76.3 cm³/mol. The van der Waals surface area contributed by atoms with Crippen LogP contribution in [-0.2, 0) is 9.53 Å². The number of ether oxygens (including phenoxy) is 2. The van der Waals surface area contributed by atoms with E-state index in [9.17, 15) is 4.79 Å². The Morgan fingerprint density at radius 3 is 2.45 bits per heavy atom. The number of esters is 1. The number of rotatable bonds is 8. The van der Waals surface area contributed by atoms with Gasteiger partial charge in [0.2, 0.25) is 0 Å². The standard InChI is InChI=1S/C16H19NO3/c1-13(2)16(18)20-11-5-3-4-10-19-15-8-6-14(12-17)7-9-15/h6-9H,1,3-5,10-11H2,2H3. The highest BCUT2D eigenvalue weighted by molar-refractivity contribution is 5.86. The summed E-state index contributed by atoms with van der Waals surface area (Å²) in [6, 6.07) is 9.09. The SMILES string of the molecule is C=C(C)C(=O)OCCCCCOc1ccc(C#N)cc1. The summed E-state index contributed by atoms with van der Waals surface area (Å²) in [4.78, 5) is 11.1. The monoisotopic (exact) mass is 273 g/mol. The van der Waals surface area contributed by atoms with Crippen molar-refractivity contribution in [1.29, 1.82) is 5.26 Å². The summed E-state index contributed by atoms with van der Waals surface area (Å²) in [6.45, 7) is 6.18. The molecule has 0 fully saturated rings. The lowest BCUT2D eigenvalue weighted by atomic mass is 10.2. The van der Waals surface area contributed by atoms with Gasteiger partial charge >= 0.3 is 5.97 Å². The van der Waals surface area contributed by atoms with Crippen LogP contribution in [0.2, 0.25) is 0 Å². The van der Waals surface area contributed by atoms with E-state index in [1.807, 2.05) is 0 Å².